The summed E-state index contributed by atoms with van der Waals surface area (Å²) in [5.74, 6) is -0.256. The van der Waals surface area contributed by atoms with Gasteiger partial charge in [-0.1, -0.05) is 36.4 Å². The fraction of sp³-hybridized carbons (Fsp3) is 0.273. The van der Waals surface area contributed by atoms with Crippen molar-refractivity contribution in [1.29, 1.82) is 0 Å². The summed E-state index contributed by atoms with van der Waals surface area (Å²) in [4.78, 5) is 25.4. The lowest BCUT2D eigenvalue weighted by molar-refractivity contribution is -0.131. The van der Waals surface area contributed by atoms with Crippen LogP contribution in [-0.2, 0) is 9.59 Å². The highest BCUT2D eigenvalue weighted by Gasteiger charge is 2.55. The first kappa shape index (κ1) is 13.9. The van der Waals surface area contributed by atoms with Crippen LogP contribution < -0.4 is 0 Å². The van der Waals surface area contributed by atoms with Crippen LogP contribution in [0.25, 0.3) is 0 Å². The van der Waals surface area contributed by atoms with Gasteiger partial charge in [0.05, 0.1) is 0 Å². The van der Waals surface area contributed by atoms with E-state index in [-0.39, 0.29) is 35.2 Å². The molecular weight excluding hydrogens is 296 g/mol. The minimum absolute atomic E-state index is 0.00639. The molecular formula is C22H18O2. The zero-order valence-corrected chi connectivity index (χ0v) is 13.7. The van der Waals surface area contributed by atoms with Crippen LogP contribution in [0.2, 0.25) is 0 Å². The zero-order chi connectivity index (χ0) is 16.6. The third-order valence-electron chi connectivity index (χ3n) is 6.21. The molecule has 0 amide bonds. The Morgan fingerprint density at radius 3 is 1.50 bits per heavy atom. The van der Waals surface area contributed by atoms with Crippen molar-refractivity contribution in [3.8, 4) is 0 Å². The van der Waals surface area contributed by atoms with E-state index < -0.39 is 0 Å². The van der Waals surface area contributed by atoms with Gasteiger partial charge in [-0.25, -0.2) is 0 Å². The Kier molecular flexibility index (Phi) is 2.63. The molecule has 2 aromatic rings. The molecule has 4 aliphatic carbocycles. The van der Waals surface area contributed by atoms with E-state index in [0.717, 1.165) is 0 Å². The van der Waals surface area contributed by atoms with Gasteiger partial charge in [-0.2, -0.15) is 0 Å². The molecule has 24 heavy (non-hydrogen) atoms. The Balaban J connectivity index is 1.87. The number of ketones is 2. The second kappa shape index (κ2) is 4.54. The first-order valence-corrected chi connectivity index (χ1v) is 8.53. The molecule has 0 spiro atoms. The van der Waals surface area contributed by atoms with Crippen molar-refractivity contribution in [3.63, 3.8) is 0 Å². The third-order valence-corrected chi connectivity index (χ3v) is 6.21. The van der Waals surface area contributed by atoms with Gasteiger partial charge in [0.15, 0.2) is 11.6 Å². The molecule has 2 nitrogen and oxygen atoms in total. The number of aryl methyl sites for hydroxylation is 2. The Morgan fingerprint density at radius 2 is 1.08 bits per heavy atom. The molecule has 118 valence electrons. The number of benzene rings is 2. The largest absolute Gasteiger partial charge is 0.294 e. The summed E-state index contributed by atoms with van der Waals surface area (Å²) in [6.07, 6.45) is 2.99. The Bertz CT molecular complexity index is 874. The first-order chi connectivity index (χ1) is 11.6. The highest BCUT2D eigenvalue weighted by Crippen LogP contribution is 2.59. The van der Waals surface area contributed by atoms with E-state index in [1.807, 2.05) is 12.1 Å². The van der Waals surface area contributed by atoms with Gasteiger partial charge in [0, 0.05) is 23.7 Å². The first-order valence-electron chi connectivity index (χ1n) is 8.53. The van der Waals surface area contributed by atoms with Crippen molar-refractivity contribution in [2.75, 3.05) is 0 Å². The van der Waals surface area contributed by atoms with E-state index in [1.165, 1.54) is 45.5 Å². The van der Waals surface area contributed by atoms with Crippen molar-refractivity contribution in [1.82, 2.24) is 0 Å². The highest BCUT2D eigenvalue weighted by atomic mass is 16.1. The quantitative estimate of drug-likeness (QED) is 0.740. The van der Waals surface area contributed by atoms with Gasteiger partial charge in [-0.05, 0) is 59.4 Å². The molecule has 0 N–H and O–H groups in total. The second-order valence-corrected chi connectivity index (χ2v) is 7.34. The molecule has 2 bridgehead atoms. The van der Waals surface area contributed by atoms with Gasteiger partial charge in [0.2, 0.25) is 0 Å². The van der Waals surface area contributed by atoms with E-state index in [9.17, 15) is 9.59 Å². The maximum Gasteiger partial charge on any atom is 0.160 e. The Labute approximate surface area is 141 Å². The fourth-order valence-corrected chi connectivity index (χ4v) is 5.07. The SMILES string of the molecule is Cc1cc2c(cc1C)[C@@H]1c3ccccc3[C@H]2[C@H]2C(=O)C=CC(=O)[C@H]12. The topological polar surface area (TPSA) is 34.1 Å². The zero-order valence-electron chi connectivity index (χ0n) is 13.7. The van der Waals surface area contributed by atoms with Crippen LogP contribution in [0.3, 0.4) is 0 Å². The predicted octanol–water partition coefficient (Wildman–Crippen LogP) is 3.83. The van der Waals surface area contributed by atoms with E-state index in [1.54, 1.807) is 0 Å². The van der Waals surface area contributed by atoms with E-state index in [2.05, 4.69) is 38.1 Å². The summed E-state index contributed by atoms with van der Waals surface area (Å²) >= 11 is 0. The second-order valence-electron chi connectivity index (χ2n) is 7.34. The van der Waals surface area contributed by atoms with Crippen LogP contribution in [-0.4, -0.2) is 11.6 Å². The summed E-state index contributed by atoms with van der Waals surface area (Å²) in [6.45, 7) is 4.24. The van der Waals surface area contributed by atoms with Gasteiger partial charge >= 0.3 is 0 Å². The van der Waals surface area contributed by atoms with Crippen molar-refractivity contribution < 1.29 is 9.59 Å². The molecule has 4 atom stereocenters. The predicted molar refractivity (Wildman–Crippen MR) is 92.2 cm³/mol. The molecule has 0 saturated heterocycles. The van der Waals surface area contributed by atoms with Crippen molar-refractivity contribution >= 4 is 11.6 Å². The maximum atomic E-state index is 12.7. The van der Waals surface area contributed by atoms with Crippen LogP contribution in [0.1, 0.15) is 45.2 Å². The van der Waals surface area contributed by atoms with Gasteiger partial charge < -0.3 is 0 Å². The van der Waals surface area contributed by atoms with Crippen LogP contribution >= 0.6 is 0 Å². The summed E-state index contributed by atoms with van der Waals surface area (Å²) in [5, 5.41) is 0. The molecule has 0 saturated carbocycles. The van der Waals surface area contributed by atoms with E-state index in [0.29, 0.717) is 0 Å². The lowest BCUT2D eigenvalue weighted by Crippen LogP contribution is -2.48. The van der Waals surface area contributed by atoms with Crippen LogP contribution in [0.15, 0.2) is 48.6 Å². The van der Waals surface area contributed by atoms with Gasteiger partial charge in [-0.3, -0.25) is 9.59 Å². The average Bonchev–Trinajstić information content (AvgIpc) is 2.59. The number of hydrogen-bond donors (Lipinski definition) is 0. The lowest BCUT2D eigenvalue weighted by atomic mass is 9.51. The molecule has 0 radical (unpaired) electrons. The molecule has 6 rings (SSSR count). The maximum absolute atomic E-state index is 12.7. The highest BCUT2D eigenvalue weighted by molar-refractivity contribution is 6.09. The number of carbonyl (C=O) groups is 2. The van der Waals surface area contributed by atoms with Crippen LogP contribution in [0.5, 0.6) is 0 Å². The fourth-order valence-electron chi connectivity index (χ4n) is 5.07. The van der Waals surface area contributed by atoms with Crippen molar-refractivity contribution in [2.45, 2.75) is 25.7 Å². The molecule has 0 aromatic heterocycles. The molecule has 2 aromatic carbocycles. The standard InChI is InChI=1S/C22H18O2/c1-11-9-15-16(10-12(11)2)20-14-6-4-3-5-13(14)19(15)21-17(23)7-8-18(24)22(20)21/h3-10,19-22H,1-2H3/t19-,20+,21-,22-/m1/s1. The molecule has 4 aliphatic rings. The van der Waals surface area contributed by atoms with E-state index in [4.69, 9.17) is 0 Å². The van der Waals surface area contributed by atoms with Crippen molar-refractivity contribution in [3.05, 3.63) is 81.9 Å². The van der Waals surface area contributed by atoms with Crippen LogP contribution in [0.4, 0.5) is 0 Å². The molecule has 2 heteroatoms. The summed E-state index contributed by atoms with van der Waals surface area (Å²) < 4.78 is 0. The smallest absolute Gasteiger partial charge is 0.160 e. The molecule has 0 heterocycles. The molecule has 0 aliphatic heterocycles. The number of allylic oxidation sites excluding steroid dienone is 2. The summed E-state index contributed by atoms with van der Waals surface area (Å²) in [5.41, 5.74) is 7.46. The average molecular weight is 314 g/mol. The minimum Gasteiger partial charge on any atom is -0.294 e. The van der Waals surface area contributed by atoms with E-state index >= 15 is 0 Å². The monoisotopic (exact) mass is 314 g/mol. The summed E-state index contributed by atoms with van der Waals surface area (Å²) in [6, 6.07) is 12.8. The van der Waals surface area contributed by atoms with Gasteiger partial charge in [-0.15, -0.1) is 0 Å². The molecule has 0 fully saturated rings. The lowest BCUT2D eigenvalue weighted by Gasteiger charge is -2.50. The number of hydrogen-bond acceptors (Lipinski definition) is 2. The van der Waals surface area contributed by atoms with Gasteiger partial charge in [0.25, 0.3) is 0 Å². The normalized spacial score (nSPS) is 29.2. The Hall–Kier alpha value is -2.48. The van der Waals surface area contributed by atoms with Crippen molar-refractivity contribution in [2.24, 2.45) is 11.8 Å². The summed E-state index contributed by atoms with van der Waals surface area (Å²) in [7, 11) is 0. The molecule has 0 unspecified atom stereocenters. The van der Waals surface area contributed by atoms with Crippen LogP contribution in [0, 0.1) is 25.7 Å². The van der Waals surface area contributed by atoms with Gasteiger partial charge in [0.1, 0.15) is 0 Å². The number of carbonyl (C=O) groups excluding carboxylic acids is 2. The number of rotatable bonds is 0. The minimum atomic E-state index is -0.239. The Morgan fingerprint density at radius 1 is 0.667 bits per heavy atom. The third kappa shape index (κ3) is 1.56.